The molecule has 112 valence electrons. The zero-order valence-electron chi connectivity index (χ0n) is 11.2. The third-order valence-electron chi connectivity index (χ3n) is 2.94. The van der Waals surface area contributed by atoms with E-state index in [1.54, 1.807) is 12.4 Å². The van der Waals surface area contributed by atoms with Gasteiger partial charge in [0.25, 0.3) is 0 Å². The summed E-state index contributed by atoms with van der Waals surface area (Å²) in [5, 5.41) is 16.3. The van der Waals surface area contributed by atoms with Crippen LogP contribution in [0.2, 0.25) is 4.47 Å². The van der Waals surface area contributed by atoms with E-state index in [-0.39, 0.29) is 5.69 Å². The molecule has 0 amide bonds. The lowest BCUT2D eigenvalue weighted by Crippen LogP contribution is -2.05. The number of carbonyl (C=O) groups is 1. The van der Waals surface area contributed by atoms with Crippen LogP contribution in [0.25, 0.3) is 5.69 Å². The van der Waals surface area contributed by atoms with E-state index < -0.39 is 5.97 Å². The van der Waals surface area contributed by atoms with Gasteiger partial charge in [-0.2, -0.15) is 5.10 Å². The number of carboxylic acid groups (broad SMARTS) is 1. The monoisotopic (exact) mass is 334 g/mol. The van der Waals surface area contributed by atoms with Crippen molar-refractivity contribution >= 4 is 34.6 Å². The number of halogens is 1. The van der Waals surface area contributed by atoms with Gasteiger partial charge in [-0.05, 0) is 18.2 Å². The number of anilines is 1. The van der Waals surface area contributed by atoms with E-state index in [1.165, 1.54) is 22.1 Å². The maximum absolute atomic E-state index is 10.9. The fraction of sp³-hybridized carbons (Fsp3) is 0.0714. The molecule has 22 heavy (non-hydrogen) atoms. The van der Waals surface area contributed by atoms with Gasteiger partial charge in [-0.25, -0.2) is 14.5 Å². The second-order valence-corrected chi connectivity index (χ2v) is 6.10. The van der Waals surface area contributed by atoms with Gasteiger partial charge in [0.2, 0.25) is 0 Å². The van der Waals surface area contributed by atoms with Crippen molar-refractivity contribution in [2.24, 2.45) is 0 Å². The predicted octanol–water partition coefficient (Wildman–Crippen LogP) is 3.29. The van der Waals surface area contributed by atoms with Crippen molar-refractivity contribution < 1.29 is 9.90 Å². The predicted molar refractivity (Wildman–Crippen MR) is 85.0 cm³/mol. The summed E-state index contributed by atoms with van der Waals surface area (Å²) in [6.45, 7) is 0.578. The summed E-state index contributed by atoms with van der Waals surface area (Å²) < 4.78 is 2.04. The number of thiazole rings is 1. The Bertz CT molecular complexity index is 815. The minimum Gasteiger partial charge on any atom is -0.476 e. The van der Waals surface area contributed by atoms with E-state index >= 15 is 0 Å². The zero-order chi connectivity index (χ0) is 15.5. The Morgan fingerprint density at radius 1 is 1.36 bits per heavy atom. The Hall–Kier alpha value is -2.38. The average Bonchev–Trinajstić information content (AvgIpc) is 3.14. The van der Waals surface area contributed by atoms with Crippen LogP contribution in [0.5, 0.6) is 0 Å². The van der Waals surface area contributed by atoms with Crippen LogP contribution in [0.1, 0.15) is 15.4 Å². The van der Waals surface area contributed by atoms with Gasteiger partial charge in [0, 0.05) is 17.3 Å². The third-order valence-corrected chi connectivity index (χ3v) is 4.05. The second kappa shape index (κ2) is 6.17. The quantitative estimate of drug-likeness (QED) is 0.748. The fourth-order valence-corrected chi connectivity index (χ4v) is 2.86. The van der Waals surface area contributed by atoms with E-state index in [0.717, 1.165) is 16.3 Å². The molecular weight excluding hydrogens is 324 g/mol. The molecule has 0 fully saturated rings. The number of rotatable bonds is 5. The number of nitrogens with one attached hydrogen (secondary N) is 1. The van der Waals surface area contributed by atoms with Gasteiger partial charge < -0.3 is 10.4 Å². The van der Waals surface area contributed by atoms with Gasteiger partial charge in [0.05, 0.1) is 17.9 Å². The normalized spacial score (nSPS) is 10.6. The minimum atomic E-state index is -1.05. The Morgan fingerprint density at radius 2 is 2.18 bits per heavy atom. The summed E-state index contributed by atoms with van der Waals surface area (Å²) in [4.78, 5) is 15.9. The molecule has 2 heterocycles. The van der Waals surface area contributed by atoms with E-state index in [4.69, 9.17) is 16.7 Å². The molecule has 2 N–H and O–H groups in total. The first-order valence-corrected chi connectivity index (χ1v) is 7.55. The van der Waals surface area contributed by atoms with Crippen LogP contribution in [0.15, 0.2) is 42.7 Å². The summed E-state index contributed by atoms with van der Waals surface area (Å²) in [5.41, 5.74) is 1.61. The van der Waals surface area contributed by atoms with Gasteiger partial charge >= 0.3 is 5.97 Å². The summed E-state index contributed by atoms with van der Waals surface area (Å²) in [5.74, 6) is -1.05. The first kappa shape index (κ1) is 14.6. The second-order valence-electron chi connectivity index (χ2n) is 4.40. The molecule has 2 aromatic heterocycles. The first-order chi connectivity index (χ1) is 10.6. The number of benzene rings is 1. The molecule has 0 radical (unpaired) electrons. The first-order valence-electron chi connectivity index (χ1n) is 6.36. The lowest BCUT2D eigenvalue weighted by molar-refractivity contribution is 0.0690. The summed E-state index contributed by atoms with van der Waals surface area (Å²) in [7, 11) is 0. The zero-order valence-corrected chi connectivity index (χ0v) is 12.8. The largest absolute Gasteiger partial charge is 0.476 e. The van der Waals surface area contributed by atoms with Crippen LogP contribution in [0.4, 0.5) is 5.69 Å². The van der Waals surface area contributed by atoms with Crippen molar-refractivity contribution in [3.05, 3.63) is 57.8 Å². The number of carboxylic acids is 1. The third kappa shape index (κ3) is 3.10. The molecule has 0 aliphatic carbocycles. The van der Waals surface area contributed by atoms with Gasteiger partial charge in [-0.1, -0.05) is 23.7 Å². The molecule has 3 rings (SSSR count). The van der Waals surface area contributed by atoms with Crippen molar-refractivity contribution in [3.63, 3.8) is 0 Å². The molecule has 0 atom stereocenters. The number of aromatic carboxylic acids is 1. The van der Waals surface area contributed by atoms with Crippen molar-refractivity contribution in [2.75, 3.05) is 5.32 Å². The fourth-order valence-electron chi connectivity index (χ4n) is 1.94. The average molecular weight is 335 g/mol. The lowest BCUT2D eigenvalue weighted by atomic mass is 10.2. The van der Waals surface area contributed by atoms with E-state index in [9.17, 15) is 4.79 Å². The molecule has 0 bridgehead atoms. The van der Waals surface area contributed by atoms with Crippen LogP contribution in [-0.4, -0.2) is 25.8 Å². The van der Waals surface area contributed by atoms with E-state index in [0.29, 0.717) is 11.0 Å². The molecule has 1 aromatic carbocycles. The molecule has 0 saturated heterocycles. The van der Waals surface area contributed by atoms with Crippen molar-refractivity contribution in [1.82, 2.24) is 14.8 Å². The Labute approximate surface area is 135 Å². The number of aromatic nitrogens is 3. The van der Waals surface area contributed by atoms with Gasteiger partial charge in [0.1, 0.15) is 0 Å². The van der Waals surface area contributed by atoms with Crippen LogP contribution < -0.4 is 5.32 Å². The Kier molecular flexibility index (Phi) is 4.08. The van der Waals surface area contributed by atoms with E-state index in [2.05, 4.69) is 15.4 Å². The van der Waals surface area contributed by atoms with Crippen molar-refractivity contribution in [3.8, 4) is 5.69 Å². The van der Waals surface area contributed by atoms with E-state index in [1.807, 2.05) is 24.3 Å². The highest BCUT2D eigenvalue weighted by atomic mass is 35.5. The van der Waals surface area contributed by atoms with Crippen LogP contribution in [-0.2, 0) is 6.54 Å². The number of hydrogen-bond donors (Lipinski definition) is 2. The molecule has 0 saturated carbocycles. The molecule has 0 aliphatic rings. The highest BCUT2D eigenvalue weighted by molar-refractivity contribution is 7.15. The standard InChI is InChI=1S/C14H11ClN4O2S/c15-14-17-8-9(22-14)7-16-10-3-1-2-4-12(10)19-6-5-11(18-19)13(20)21/h1-6,8,16H,7H2,(H,20,21). The highest BCUT2D eigenvalue weighted by Crippen LogP contribution is 2.23. The maximum Gasteiger partial charge on any atom is 0.356 e. The molecule has 0 spiro atoms. The topological polar surface area (TPSA) is 80.0 Å². The molecule has 8 heteroatoms. The number of para-hydroxylation sites is 2. The SMILES string of the molecule is O=C(O)c1ccn(-c2ccccc2NCc2cnc(Cl)s2)n1. The van der Waals surface area contributed by atoms with Gasteiger partial charge in [-0.15, -0.1) is 11.3 Å². The summed E-state index contributed by atoms with van der Waals surface area (Å²) in [6, 6.07) is 8.99. The van der Waals surface area contributed by atoms with Gasteiger partial charge in [0.15, 0.2) is 10.2 Å². The van der Waals surface area contributed by atoms with Crippen molar-refractivity contribution in [1.29, 1.82) is 0 Å². The lowest BCUT2D eigenvalue weighted by Gasteiger charge is -2.11. The van der Waals surface area contributed by atoms with Crippen molar-refractivity contribution in [2.45, 2.75) is 6.54 Å². The molecule has 0 aliphatic heterocycles. The van der Waals surface area contributed by atoms with Gasteiger partial charge in [-0.3, -0.25) is 0 Å². The Balaban J connectivity index is 1.84. The van der Waals surface area contributed by atoms with Crippen LogP contribution in [0, 0.1) is 0 Å². The molecule has 0 unspecified atom stereocenters. The minimum absolute atomic E-state index is 0.00374. The molecule has 6 nitrogen and oxygen atoms in total. The maximum atomic E-state index is 10.9. The van der Waals surface area contributed by atoms with Crippen LogP contribution in [0.3, 0.4) is 0 Å². The molecular formula is C14H11ClN4O2S. The summed E-state index contributed by atoms with van der Waals surface area (Å²) >= 11 is 7.22. The van der Waals surface area contributed by atoms with Crippen LogP contribution >= 0.6 is 22.9 Å². The smallest absolute Gasteiger partial charge is 0.356 e. The Morgan fingerprint density at radius 3 is 2.86 bits per heavy atom. The molecule has 3 aromatic rings. The number of hydrogen-bond acceptors (Lipinski definition) is 5. The number of nitrogens with zero attached hydrogens (tertiary/aromatic N) is 3. The summed E-state index contributed by atoms with van der Waals surface area (Å²) in [6.07, 6.45) is 3.34. The highest BCUT2D eigenvalue weighted by Gasteiger charge is 2.10.